The van der Waals surface area contributed by atoms with Crippen molar-refractivity contribution in [3.8, 4) is 0 Å². The molecule has 0 atom stereocenters. The molecule has 1 aliphatic heterocycles. The second-order valence-corrected chi connectivity index (χ2v) is 3.86. The van der Waals surface area contributed by atoms with Crippen LogP contribution in [0.2, 0.25) is 0 Å². The first-order valence-corrected chi connectivity index (χ1v) is 4.81. The quantitative estimate of drug-likeness (QED) is 0.718. The van der Waals surface area contributed by atoms with E-state index in [-0.39, 0.29) is 0 Å². The molecule has 0 spiro atoms. The third kappa shape index (κ3) is 0.988. The van der Waals surface area contributed by atoms with Crippen LogP contribution >= 0.6 is 0 Å². The third-order valence-corrected chi connectivity index (χ3v) is 2.78. The minimum atomic E-state index is -0.852. The molecule has 74 valence electrons. The van der Waals surface area contributed by atoms with E-state index in [0.29, 0.717) is 24.8 Å². The number of hydrogen-bond acceptors (Lipinski definition) is 3. The highest BCUT2D eigenvalue weighted by Crippen LogP contribution is 2.37. The molecule has 1 saturated carbocycles. The number of nitrogens with zero attached hydrogens (tertiary/aromatic N) is 2. The lowest BCUT2D eigenvalue weighted by Crippen LogP contribution is -2.13. The van der Waals surface area contributed by atoms with Crippen LogP contribution in [0, 0.1) is 0 Å². The van der Waals surface area contributed by atoms with Crippen molar-refractivity contribution in [2.24, 2.45) is 0 Å². The Bertz CT molecular complexity index is 406. The molecule has 1 fully saturated rings. The summed E-state index contributed by atoms with van der Waals surface area (Å²) in [6, 6.07) is 0.340. The summed E-state index contributed by atoms with van der Waals surface area (Å²) >= 11 is 0. The van der Waals surface area contributed by atoms with Crippen molar-refractivity contribution in [2.75, 3.05) is 0 Å². The Morgan fingerprint density at radius 3 is 2.93 bits per heavy atom. The molecule has 1 aromatic rings. The highest BCUT2D eigenvalue weighted by Gasteiger charge is 2.33. The minimum Gasteiger partial charge on any atom is -0.477 e. The molecule has 0 bridgehead atoms. The Kier molecular flexibility index (Phi) is 1.47. The zero-order valence-electron chi connectivity index (χ0n) is 7.66. The molecular formula is C9H11N3O2. The Morgan fingerprint density at radius 1 is 1.50 bits per heavy atom. The second kappa shape index (κ2) is 2.57. The number of aromatic carboxylic acids is 1. The molecule has 5 nitrogen and oxygen atoms in total. The van der Waals surface area contributed by atoms with Gasteiger partial charge in [0.1, 0.15) is 0 Å². The van der Waals surface area contributed by atoms with Crippen LogP contribution in [0.15, 0.2) is 0 Å². The molecule has 14 heavy (non-hydrogen) atoms. The molecule has 1 aromatic heterocycles. The molecule has 0 radical (unpaired) electrons. The Labute approximate surface area is 80.7 Å². The van der Waals surface area contributed by atoms with Crippen molar-refractivity contribution in [2.45, 2.75) is 32.0 Å². The molecule has 3 rings (SSSR count). The zero-order chi connectivity index (χ0) is 9.71. The summed E-state index contributed by atoms with van der Waals surface area (Å²) in [5, 5.41) is 16.6. The van der Waals surface area contributed by atoms with Crippen molar-refractivity contribution in [3.63, 3.8) is 0 Å². The molecule has 2 N–H and O–H groups in total. The van der Waals surface area contributed by atoms with E-state index in [4.69, 9.17) is 5.11 Å². The molecule has 0 unspecified atom stereocenters. The highest BCUT2D eigenvalue weighted by molar-refractivity contribution is 5.88. The fourth-order valence-electron chi connectivity index (χ4n) is 1.96. The van der Waals surface area contributed by atoms with Crippen LogP contribution in [0.3, 0.4) is 0 Å². The largest absolute Gasteiger partial charge is 0.477 e. The van der Waals surface area contributed by atoms with Gasteiger partial charge in [-0.2, -0.15) is 5.10 Å². The lowest BCUT2D eigenvalue weighted by Gasteiger charge is -2.03. The van der Waals surface area contributed by atoms with E-state index in [0.717, 1.165) is 24.1 Å². The van der Waals surface area contributed by atoms with Gasteiger partial charge in [0, 0.05) is 18.7 Å². The number of carboxylic acids is 1. The summed E-state index contributed by atoms with van der Waals surface area (Å²) in [6.45, 7) is 1.35. The van der Waals surface area contributed by atoms with Crippen LogP contribution in [-0.2, 0) is 13.1 Å². The van der Waals surface area contributed by atoms with E-state index < -0.39 is 5.97 Å². The van der Waals surface area contributed by atoms with E-state index in [9.17, 15) is 4.79 Å². The maximum absolute atomic E-state index is 11.1. The normalized spacial score (nSPS) is 19.7. The van der Waals surface area contributed by atoms with Crippen LogP contribution in [-0.4, -0.2) is 20.9 Å². The lowest BCUT2D eigenvalue weighted by atomic mass is 10.2. The summed E-state index contributed by atoms with van der Waals surface area (Å²) < 4.78 is 1.70. The standard InChI is InChI=1S/C9H11N3O2/c13-9(14)8-6-3-10-4-7(6)11-12(8)5-1-2-5/h5,10H,1-4H2,(H,13,14). The van der Waals surface area contributed by atoms with Crippen LogP contribution in [0.1, 0.15) is 40.6 Å². The molecule has 0 amide bonds. The fourth-order valence-corrected chi connectivity index (χ4v) is 1.96. The van der Waals surface area contributed by atoms with Gasteiger partial charge in [0.05, 0.1) is 11.7 Å². The molecule has 5 heteroatoms. The van der Waals surface area contributed by atoms with Gasteiger partial charge in [0.2, 0.25) is 0 Å². The molecule has 2 aliphatic rings. The summed E-state index contributed by atoms with van der Waals surface area (Å²) in [5.74, 6) is -0.852. The second-order valence-electron chi connectivity index (χ2n) is 3.86. The number of fused-ring (bicyclic) bond motifs is 1. The zero-order valence-corrected chi connectivity index (χ0v) is 7.66. The van der Waals surface area contributed by atoms with Crippen LogP contribution < -0.4 is 5.32 Å². The van der Waals surface area contributed by atoms with Gasteiger partial charge in [-0.3, -0.25) is 4.68 Å². The van der Waals surface area contributed by atoms with Crippen molar-refractivity contribution in [3.05, 3.63) is 17.0 Å². The third-order valence-electron chi connectivity index (χ3n) is 2.78. The molecular weight excluding hydrogens is 182 g/mol. The van der Waals surface area contributed by atoms with Gasteiger partial charge in [-0.05, 0) is 12.8 Å². The van der Waals surface area contributed by atoms with Crippen LogP contribution in [0.25, 0.3) is 0 Å². The SMILES string of the molecule is O=C(O)c1c2c(nn1C1CC1)CNC2. The van der Waals surface area contributed by atoms with Gasteiger partial charge in [-0.25, -0.2) is 4.79 Å². The Morgan fingerprint density at radius 2 is 2.29 bits per heavy atom. The molecule has 1 aliphatic carbocycles. The van der Waals surface area contributed by atoms with E-state index in [1.54, 1.807) is 4.68 Å². The first kappa shape index (κ1) is 7.99. The maximum atomic E-state index is 11.1. The predicted octanol–water partition coefficient (Wildman–Crippen LogP) is 0.519. The number of hydrogen-bond donors (Lipinski definition) is 2. The Hall–Kier alpha value is -1.36. The van der Waals surface area contributed by atoms with E-state index in [1.165, 1.54) is 0 Å². The average molecular weight is 193 g/mol. The van der Waals surface area contributed by atoms with E-state index in [2.05, 4.69) is 10.4 Å². The minimum absolute atomic E-state index is 0.340. The maximum Gasteiger partial charge on any atom is 0.354 e. The summed E-state index contributed by atoms with van der Waals surface area (Å²) in [7, 11) is 0. The van der Waals surface area contributed by atoms with Crippen molar-refractivity contribution >= 4 is 5.97 Å². The van der Waals surface area contributed by atoms with Crippen molar-refractivity contribution in [1.82, 2.24) is 15.1 Å². The number of nitrogens with one attached hydrogen (secondary N) is 1. The van der Waals surface area contributed by atoms with Crippen molar-refractivity contribution in [1.29, 1.82) is 0 Å². The van der Waals surface area contributed by atoms with E-state index >= 15 is 0 Å². The Balaban J connectivity index is 2.15. The van der Waals surface area contributed by atoms with E-state index in [1.807, 2.05) is 0 Å². The number of carboxylic acid groups (broad SMARTS) is 1. The van der Waals surface area contributed by atoms with Gasteiger partial charge in [-0.15, -0.1) is 0 Å². The monoisotopic (exact) mass is 193 g/mol. The van der Waals surface area contributed by atoms with Gasteiger partial charge in [0.15, 0.2) is 5.69 Å². The lowest BCUT2D eigenvalue weighted by molar-refractivity contribution is 0.0681. The van der Waals surface area contributed by atoms with Crippen LogP contribution in [0.4, 0.5) is 0 Å². The molecule has 0 saturated heterocycles. The van der Waals surface area contributed by atoms with Gasteiger partial charge >= 0.3 is 5.97 Å². The smallest absolute Gasteiger partial charge is 0.354 e. The fraction of sp³-hybridized carbons (Fsp3) is 0.556. The van der Waals surface area contributed by atoms with Crippen molar-refractivity contribution < 1.29 is 9.90 Å². The number of aromatic nitrogens is 2. The topological polar surface area (TPSA) is 67.1 Å². The first-order valence-electron chi connectivity index (χ1n) is 4.81. The first-order chi connectivity index (χ1) is 6.77. The molecule has 0 aromatic carbocycles. The summed E-state index contributed by atoms with van der Waals surface area (Å²) in [5.41, 5.74) is 2.19. The molecule has 2 heterocycles. The van der Waals surface area contributed by atoms with Gasteiger partial charge in [0.25, 0.3) is 0 Å². The predicted molar refractivity (Wildman–Crippen MR) is 48.0 cm³/mol. The average Bonchev–Trinajstić information content (AvgIpc) is 2.75. The van der Waals surface area contributed by atoms with Gasteiger partial charge in [-0.1, -0.05) is 0 Å². The number of carbonyl (C=O) groups is 1. The number of rotatable bonds is 2. The van der Waals surface area contributed by atoms with Crippen LogP contribution in [0.5, 0.6) is 0 Å². The summed E-state index contributed by atoms with van der Waals surface area (Å²) in [4.78, 5) is 11.1. The van der Waals surface area contributed by atoms with Gasteiger partial charge < -0.3 is 10.4 Å². The summed E-state index contributed by atoms with van der Waals surface area (Å²) in [6.07, 6.45) is 2.13. The highest BCUT2D eigenvalue weighted by atomic mass is 16.4.